The molecule has 3 rings (SSSR count). The van der Waals surface area contributed by atoms with Gasteiger partial charge in [0.1, 0.15) is 0 Å². The molecule has 0 unspecified atom stereocenters. The van der Waals surface area contributed by atoms with Crippen molar-refractivity contribution >= 4 is 34.6 Å². The fourth-order valence-electron chi connectivity index (χ4n) is 2.45. The molecule has 132 valence electrons. The highest BCUT2D eigenvalue weighted by Gasteiger charge is 2.14. The van der Waals surface area contributed by atoms with E-state index in [1.165, 1.54) is 0 Å². The quantitative estimate of drug-likeness (QED) is 0.706. The van der Waals surface area contributed by atoms with Crippen molar-refractivity contribution in [2.24, 2.45) is 0 Å². The summed E-state index contributed by atoms with van der Waals surface area (Å²) < 4.78 is 0. The number of para-hydroxylation sites is 1. The van der Waals surface area contributed by atoms with Gasteiger partial charge in [0, 0.05) is 28.9 Å². The van der Waals surface area contributed by atoms with Crippen molar-refractivity contribution in [3.63, 3.8) is 0 Å². The number of urea groups is 1. The average Bonchev–Trinajstić information content (AvgIpc) is 3.20. The molecule has 2 aromatic carbocycles. The van der Waals surface area contributed by atoms with Crippen LogP contribution < -0.4 is 15.5 Å². The van der Waals surface area contributed by atoms with Crippen molar-refractivity contribution in [1.82, 2.24) is 5.32 Å². The van der Waals surface area contributed by atoms with Crippen LogP contribution in [-0.2, 0) is 6.54 Å². The van der Waals surface area contributed by atoms with Crippen molar-refractivity contribution in [2.75, 3.05) is 17.3 Å². The molecule has 6 heteroatoms. The largest absolute Gasteiger partial charge is 0.333 e. The maximum Gasteiger partial charge on any atom is 0.319 e. The van der Waals surface area contributed by atoms with E-state index in [1.54, 1.807) is 47.5 Å². The van der Waals surface area contributed by atoms with E-state index < -0.39 is 0 Å². The lowest BCUT2D eigenvalue weighted by Crippen LogP contribution is -2.28. The number of anilines is 2. The molecule has 3 amide bonds. The lowest BCUT2D eigenvalue weighted by atomic mass is 10.1. The number of thiophene rings is 1. The van der Waals surface area contributed by atoms with Crippen LogP contribution in [0.4, 0.5) is 16.2 Å². The van der Waals surface area contributed by atoms with Crippen molar-refractivity contribution in [2.45, 2.75) is 6.54 Å². The Labute approximate surface area is 156 Å². The summed E-state index contributed by atoms with van der Waals surface area (Å²) in [4.78, 5) is 27.4. The van der Waals surface area contributed by atoms with Gasteiger partial charge in [-0.2, -0.15) is 0 Å². The molecule has 0 aliphatic carbocycles. The van der Waals surface area contributed by atoms with Gasteiger partial charge in [0.25, 0.3) is 5.91 Å². The minimum absolute atomic E-state index is 0.140. The Morgan fingerprint density at radius 2 is 1.81 bits per heavy atom. The molecule has 0 atom stereocenters. The second kappa shape index (κ2) is 8.31. The molecule has 5 nitrogen and oxygen atoms in total. The van der Waals surface area contributed by atoms with Crippen LogP contribution in [0.15, 0.2) is 72.1 Å². The van der Waals surface area contributed by atoms with E-state index in [0.717, 1.165) is 10.6 Å². The normalized spacial score (nSPS) is 10.2. The molecule has 0 saturated heterocycles. The van der Waals surface area contributed by atoms with E-state index in [4.69, 9.17) is 0 Å². The summed E-state index contributed by atoms with van der Waals surface area (Å²) in [5.74, 6) is -0.140. The molecule has 2 N–H and O–H groups in total. The van der Waals surface area contributed by atoms with Gasteiger partial charge in [-0.25, -0.2) is 4.79 Å². The van der Waals surface area contributed by atoms with Crippen molar-refractivity contribution in [3.8, 4) is 0 Å². The highest BCUT2D eigenvalue weighted by Crippen LogP contribution is 2.17. The van der Waals surface area contributed by atoms with E-state index in [2.05, 4.69) is 10.6 Å². The molecule has 0 bridgehead atoms. The Bertz CT molecular complexity index is 879. The molecule has 1 heterocycles. The van der Waals surface area contributed by atoms with E-state index in [-0.39, 0.29) is 11.9 Å². The first kappa shape index (κ1) is 17.7. The number of nitrogens with one attached hydrogen (secondary N) is 2. The Morgan fingerprint density at radius 1 is 1.00 bits per heavy atom. The predicted molar refractivity (Wildman–Crippen MR) is 106 cm³/mol. The molecule has 0 aliphatic rings. The first-order valence-electron chi connectivity index (χ1n) is 8.14. The van der Waals surface area contributed by atoms with E-state index in [0.29, 0.717) is 17.8 Å². The first-order valence-corrected chi connectivity index (χ1v) is 9.02. The lowest BCUT2D eigenvalue weighted by molar-refractivity contribution is 0.0993. The number of rotatable bonds is 5. The van der Waals surface area contributed by atoms with Gasteiger partial charge >= 0.3 is 6.03 Å². The number of amides is 3. The zero-order valence-corrected chi connectivity index (χ0v) is 15.1. The molecule has 0 aliphatic heterocycles. The summed E-state index contributed by atoms with van der Waals surface area (Å²) in [5, 5.41) is 7.52. The van der Waals surface area contributed by atoms with Crippen LogP contribution in [0.3, 0.4) is 0 Å². The third-order valence-corrected chi connectivity index (χ3v) is 4.70. The van der Waals surface area contributed by atoms with Gasteiger partial charge in [0.05, 0.1) is 6.54 Å². The lowest BCUT2D eigenvalue weighted by Gasteiger charge is -2.17. The zero-order chi connectivity index (χ0) is 18.4. The number of benzene rings is 2. The van der Waals surface area contributed by atoms with Crippen LogP contribution in [0.2, 0.25) is 0 Å². The molecule has 0 fully saturated rings. The Balaban J connectivity index is 1.64. The van der Waals surface area contributed by atoms with Gasteiger partial charge in [0.2, 0.25) is 0 Å². The van der Waals surface area contributed by atoms with Crippen LogP contribution in [0, 0.1) is 0 Å². The van der Waals surface area contributed by atoms with Gasteiger partial charge in [-0.05, 0) is 41.8 Å². The number of hydrogen-bond acceptors (Lipinski definition) is 3. The third-order valence-electron chi connectivity index (χ3n) is 3.82. The van der Waals surface area contributed by atoms with Crippen molar-refractivity contribution in [3.05, 3.63) is 82.6 Å². The highest BCUT2D eigenvalue weighted by molar-refractivity contribution is 7.09. The maximum absolute atomic E-state index is 12.7. The smallest absolute Gasteiger partial charge is 0.319 e. The summed E-state index contributed by atoms with van der Waals surface area (Å²) >= 11 is 1.59. The van der Waals surface area contributed by atoms with E-state index >= 15 is 0 Å². The standard InChI is InChI=1S/C20H19N3O2S/c1-23(17-9-3-2-4-10-17)19(24)15-7-5-8-16(13-15)22-20(25)21-14-18-11-6-12-26-18/h2-13H,14H2,1H3,(H2,21,22,25). The second-order valence-corrected chi connectivity index (χ2v) is 6.70. The van der Waals surface area contributed by atoms with Gasteiger partial charge < -0.3 is 15.5 Å². The van der Waals surface area contributed by atoms with Crippen LogP contribution in [0.5, 0.6) is 0 Å². The van der Waals surface area contributed by atoms with Crippen LogP contribution in [0.1, 0.15) is 15.2 Å². The van der Waals surface area contributed by atoms with E-state index in [9.17, 15) is 9.59 Å². The van der Waals surface area contributed by atoms with Crippen LogP contribution in [0.25, 0.3) is 0 Å². The molecular weight excluding hydrogens is 346 g/mol. The van der Waals surface area contributed by atoms with Gasteiger partial charge in [-0.15, -0.1) is 11.3 Å². The van der Waals surface area contributed by atoms with Gasteiger partial charge in [-0.1, -0.05) is 30.3 Å². The number of carbonyl (C=O) groups excluding carboxylic acids is 2. The Kier molecular flexibility index (Phi) is 5.66. The Morgan fingerprint density at radius 3 is 2.54 bits per heavy atom. The predicted octanol–water partition coefficient (Wildman–Crippen LogP) is 4.35. The molecule has 3 aromatic rings. The third kappa shape index (κ3) is 4.49. The minimum Gasteiger partial charge on any atom is -0.333 e. The molecular formula is C20H19N3O2S. The minimum atomic E-state index is -0.306. The summed E-state index contributed by atoms with van der Waals surface area (Å²) in [7, 11) is 1.73. The first-order chi connectivity index (χ1) is 12.6. The second-order valence-electron chi connectivity index (χ2n) is 5.67. The summed E-state index contributed by atoms with van der Waals surface area (Å²) in [5.41, 5.74) is 1.89. The maximum atomic E-state index is 12.7. The Hall–Kier alpha value is -3.12. The summed E-state index contributed by atoms with van der Waals surface area (Å²) in [6, 6.07) is 19.9. The summed E-state index contributed by atoms with van der Waals surface area (Å²) in [6.45, 7) is 0.471. The number of nitrogens with zero attached hydrogens (tertiary/aromatic N) is 1. The highest BCUT2D eigenvalue weighted by atomic mass is 32.1. The monoisotopic (exact) mass is 365 g/mol. The summed E-state index contributed by atoms with van der Waals surface area (Å²) in [6.07, 6.45) is 0. The van der Waals surface area contributed by atoms with E-state index in [1.807, 2.05) is 47.8 Å². The zero-order valence-electron chi connectivity index (χ0n) is 14.3. The fourth-order valence-corrected chi connectivity index (χ4v) is 3.09. The van der Waals surface area contributed by atoms with Crippen LogP contribution in [-0.4, -0.2) is 19.0 Å². The topological polar surface area (TPSA) is 61.4 Å². The van der Waals surface area contributed by atoms with Gasteiger partial charge in [0.15, 0.2) is 0 Å². The van der Waals surface area contributed by atoms with Gasteiger partial charge in [-0.3, -0.25) is 4.79 Å². The molecule has 1 aromatic heterocycles. The van der Waals surface area contributed by atoms with Crippen molar-refractivity contribution in [1.29, 1.82) is 0 Å². The SMILES string of the molecule is CN(C(=O)c1cccc(NC(=O)NCc2cccs2)c1)c1ccccc1. The molecule has 26 heavy (non-hydrogen) atoms. The fraction of sp³-hybridized carbons (Fsp3) is 0.100. The molecule has 0 spiro atoms. The van der Waals surface area contributed by atoms with Crippen molar-refractivity contribution < 1.29 is 9.59 Å². The molecule has 0 saturated carbocycles. The average molecular weight is 365 g/mol. The number of carbonyl (C=O) groups is 2. The number of hydrogen-bond donors (Lipinski definition) is 2. The molecule has 0 radical (unpaired) electrons. The van der Waals surface area contributed by atoms with Crippen LogP contribution >= 0.6 is 11.3 Å².